The summed E-state index contributed by atoms with van der Waals surface area (Å²) in [5, 5.41) is 8.66. The predicted octanol–water partition coefficient (Wildman–Crippen LogP) is 2.01. The van der Waals surface area contributed by atoms with Gasteiger partial charge in [-0.2, -0.15) is 8.42 Å². The summed E-state index contributed by atoms with van der Waals surface area (Å²) in [6.07, 6.45) is 1.91. The zero-order chi connectivity index (χ0) is 21.2. The summed E-state index contributed by atoms with van der Waals surface area (Å²) < 4.78 is 34.6. The Morgan fingerprint density at radius 3 is 2.29 bits per heavy atom. The Bertz CT molecular complexity index is 857. The van der Waals surface area contributed by atoms with Crippen LogP contribution in [0.3, 0.4) is 0 Å². The lowest BCUT2D eigenvalue weighted by molar-refractivity contribution is 0.288. The maximum Gasteiger partial charge on any atom is 0.264 e. The van der Waals surface area contributed by atoms with Crippen molar-refractivity contribution in [3.63, 3.8) is 0 Å². The van der Waals surface area contributed by atoms with Crippen LogP contribution < -0.4 is 21.9 Å². The molecule has 9 heteroatoms. The lowest BCUT2D eigenvalue weighted by Crippen LogP contribution is -2.09. The van der Waals surface area contributed by atoms with E-state index in [9.17, 15) is 8.42 Å². The summed E-state index contributed by atoms with van der Waals surface area (Å²) in [5.41, 5.74) is 21.0. The minimum Gasteiger partial charge on any atom is -0.491 e. The molecule has 0 bridgehead atoms. The third-order valence-corrected chi connectivity index (χ3v) is 4.62. The van der Waals surface area contributed by atoms with Gasteiger partial charge in [-0.05, 0) is 61.6 Å². The Morgan fingerprint density at radius 2 is 1.64 bits per heavy atom. The number of anilines is 3. The third kappa shape index (κ3) is 9.45. The first-order valence-electron chi connectivity index (χ1n) is 8.81. The van der Waals surface area contributed by atoms with Gasteiger partial charge < -0.3 is 27.0 Å². The molecule has 0 aliphatic carbocycles. The first kappa shape index (κ1) is 23.5. The number of hydrogen-bond donors (Lipinski definition) is 5. The van der Waals surface area contributed by atoms with Gasteiger partial charge in [-0.1, -0.05) is 6.07 Å². The Morgan fingerprint density at radius 1 is 1.00 bits per heavy atom. The Balaban J connectivity index is 0.000000292. The van der Waals surface area contributed by atoms with E-state index in [0.29, 0.717) is 17.1 Å². The molecule has 2 aromatic rings. The maximum atomic E-state index is 10.4. The predicted molar refractivity (Wildman–Crippen MR) is 113 cm³/mol. The number of aliphatic hydroxyl groups excluding tert-OH is 1. The fourth-order valence-corrected chi connectivity index (χ4v) is 2.81. The van der Waals surface area contributed by atoms with Gasteiger partial charge in [0.25, 0.3) is 10.1 Å². The van der Waals surface area contributed by atoms with Crippen molar-refractivity contribution in [3.05, 3.63) is 47.5 Å². The molecule has 0 amide bonds. The Labute approximate surface area is 166 Å². The molecule has 0 radical (unpaired) electrons. The largest absolute Gasteiger partial charge is 0.491 e. The minimum atomic E-state index is -3.93. The first-order valence-corrected chi connectivity index (χ1v) is 10.4. The van der Waals surface area contributed by atoms with Gasteiger partial charge in [0, 0.05) is 24.0 Å². The van der Waals surface area contributed by atoms with Gasteiger partial charge in [0.2, 0.25) is 0 Å². The van der Waals surface area contributed by atoms with E-state index in [-0.39, 0.29) is 25.4 Å². The lowest BCUT2D eigenvalue weighted by Gasteiger charge is -2.08. The molecule has 0 fully saturated rings. The van der Waals surface area contributed by atoms with E-state index in [4.69, 9.17) is 31.6 Å². The van der Waals surface area contributed by atoms with Crippen molar-refractivity contribution in [1.29, 1.82) is 0 Å². The van der Waals surface area contributed by atoms with Crippen LogP contribution in [-0.2, 0) is 16.5 Å². The van der Waals surface area contributed by atoms with Crippen molar-refractivity contribution >= 4 is 27.2 Å². The van der Waals surface area contributed by atoms with Crippen LogP contribution in [-0.4, -0.2) is 37.0 Å². The molecule has 0 atom stereocenters. The number of nitrogen functional groups attached to an aromatic ring is 3. The number of nitrogens with two attached hydrogens (primary N) is 3. The van der Waals surface area contributed by atoms with Gasteiger partial charge in [0.05, 0.1) is 18.0 Å². The molecule has 0 aliphatic heterocycles. The molecule has 0 saturated heterocycles. The van der Waals surface area contributed by atoms with Crippen molar-refractivity contribution in [3.8, 4) is 5.75 Å². The number of ether oxygens (including phenoxy) is 1. The van der Waals surface area contributed by atoms with Crippen molar-refractivity contribution in [1.82, 2.24) is 0 Å². The van der Waals surface area contributed by atoms with Crippen LogP contribution in [0.1, 0.15) is 24.0 Å². The van der Waals surface area contributed by atoms with Crippen LogP contribution in [0.4, 0.5) is 17.1 Å². The van der Waals surface area contributed by atoms with Gasteiger partial charge in [-0.15, -0.1) is 0 Å². The number of aliphatic hydroxyl groups is 1. The average molecular weight is 412 g/mol. The quantitative estimate of drug-likeness (QED) is 0.250. The zero-order valence-corrected chi connectivity index (χ0v) is 16.8. The van der Waals surface area contributed by atoms with Crippen molar-refractivity contribution in [2.24, 2.45) is 0 Å². The molecule has 0 spiro atoms. The maximum absolute atomic E-state index is 10.4. The van der Waals surface area contributed by atoms with Crippen LogP contribution in [0.5, 0.6) is 5.75 Å². The van der Waals surface area contributed by atoms with Gasteiger partial charge in [0.15, 0.2) is 0 Å². The Hall–Kier alpha value is -2.49. The molecule has 8 nitrogen and oxygen atoms in total. The van der Waals surface area contributed by atoms with Crippen LogP contribution in [0.2, 0.25) is 0 Å². The molecule has 2 rings (SSSR count). The second-order valence-corrected chi connectivity index (χ2v) is 7.87. The van der Waals surface area contributed by atoms with E-state index in [1.807, 2.05) is 18.2 Å². The summed E-state index contributed by atoms with van der Waals surface area (Å²) in [5.74, 6) is 0.0743. The van der Waals surface area contributed by atoms with Crippen LogP contribution in [0.15, 0.2) is 36.4 Å². The minimum absolute atomic E-state index is 0.146. The summed E-state index contributed by atoms with van der Waals surface area (Å²) in [6.45, 7) is 2.45. The van der Waals surface area contributed by atoms with Crippen molar-refractivity contribution < 1.29 is 22.8 Å². The van der Waals surface area contributed by atoms with E-state index < -0.39 is 10.1 Å². The number of hydrogen-bond acceptors (Lipinski definition) is 7. The highest BCUT2D eigenvalue weighted by Gasteiger charge is 2.05. The molecular formula is C19H29N3O5S. The van der Waals surface area contributed by atoms with Crippen molar-refractivity contribution in [2.75, 3.05) is 36.2 Å². The second-order valence-electron chi connectivity index (χ2n) is 6.30. The van der Waals surface area contributed by atoms with Gasteiger partial charge in [-0.25, -0.2) is 0 Å². The third-order valence-electron chi connectivity index (χ3n) is 3.82. The van der Waals surface area contributed by atoms with E-state index in [1.54, 1.807) is 18.2 Å². The molecular weight excluding hydrogens is 382 g/mol. The fraction of sp³-hybridized carbons (Fsp3) is 0.368. The van der Waals surface area contributed by atoms with E-state index >= 15 is 0 Å². The van der Waals surface area contributed by atoms with Gasteiger partial charge in [-0.3, -0.25) is 4.55 Å². The molecule has 2 aromatic carbocycles. The zero-order valence-electron chi connectivity index (χ0n) is 16.0. The molecule has 0 heterocycles. The van der Waals surface area contributed by atoms with Crippen LogP contribution in [0.25, 0.3) is 0 Å². The first-order chi connectivity index (χ1) is 13.1. The standard InChI is InChI=1S/C10H15NO.C9H14N2O4S/c1-8-4-5-10(11)7-9(8)3-2-6-12;10-7-2-3-8(11)9(6-7)15-4-1-5-16(12,13)14/h4-5,7,12H,2-3,6,11H2,1H3;2-3,6H,1,4-5,10-11H2,(H,12,13,14). The normalized spacial score (nSPS) is 10.8. The smallest absolute Gasteiger partial charge is 0.264 e. The lowest BCUT2D eigenvalue weighted by atomic mass is 10.0. The molecule has 0 unspecified atom stereocenters. The SMILES string of the molecule is Cc1ccc(N)cc1CCCO.Nc1ccc(N)c(OCCCS(=O)(=O)O)c1. The number of rotatable bonds is 8. The summed E-state index contributed by atoms with van der Waals surface area (Å²) in [4.78, 5) is 0. The van der Waals surface area contributed by atoms with E-state index in [2.05, 4.69) is 6.92 Å². The van der Waals surface area contributed by atoms with Gasteiger partial charge >= 0.3 is 0 Å². The highest BCUT2D eigenvalue weighted by molar-refractivity contribution is 7.85. The van der Waals surface area contributed by atoms with E-state index in [0.717, 1.165) is 18.5 Å². The molecule has 28 heavy (non-hydrogen) atoms. The van der Waals surface area contributed by atoms with Gasteiger partial charge in [0.1, 0.15) is 5.75 Å². The molecule has 0 saturated carbocycles. The molecule has 156 valence electrons. The van der Waals surface area contributed by atoms with Crippen LogP contribution in [0, 0.1) is 6.92 Å². The highest BCUT2D eigenvalue weighted by atomic mass is 32.2. The van der Waals surface area contributed by atoms with Crippen LogP contribution >= 0.6 is 0 Å². The summed E-state index contributed by atoms with van der Waals surface area (Å²) in [7, 11) is -3.93. The average Bonchev–Trinajstić information content (AvgIpc) is 2.62. The summed E-state index contributed by atoms with van der Waals surface area (Å²) in [6, 6.07) is 10.7. The molecule has 8 N–H and O–H groups in total. The topological polar surface area (TPSA) is 162 Å². The van der Waals surface area contributed by atoms with Crippen molar-refractivity contribution in [2.45, 2.75) is 26.2 Å². The highest BCUT2D eigenvalue weighted by Crippen LogP contribution is 2.23. The molecule has 0 aromatic heterocycles. The monoisotopic (exact) mass is 411 g/mol. The van der Waals surface area contributed by atoms with E-state index in [1.165, 1.54) is 11.1 Å². The molecule has 0 aliphatic rings. The number of aryl methyl sites for hydroxylation is 2. The summed E-state index contributed by atoms with van der Waals surface area (Å²) >= 11 is 0. The second kappa shape index (κ2) is 11.4. The number of benzene rings is 2. The fourth-order valence-electron chi connectivity index (χ4n) is 2.33. The Kier molecular flexibility index (Phi) is 9.57.